The van der Waals surface area contributed by atoms with Crippen LogP contribution in [0.3, 0.4) is 0 Å². The number of hydrogen-bond donors (Lipinski definition) is 1. The van der Waals surface area contributed by atoms with Gasteiger partial charge in [-0.15, -0.1) is 0 Å². The van der Waals surface area contributed by atoms with Crippen molar-refractivity contribution in [1.29, 1.82) is 5.26 Å². The van der Waals surface area contributed by atoms with E-state index in [9.17, 15) is 9.59 Å². The van der Waals surface area contributed by atoms with Gasteiger partial charge in [0, 0.05) is 32.1 Å². The van der Waals surface area contributed by atoms with Crippen LogP contribution in [0.1, 0.15) is 30.6 Å². The van der Waals surface area contributed by atoms with Gasteiger partial charge in [-0.05, 0) is 47.7 Å². The monoisotopic (exact) mass is 379 g/mol. The molecule has 0 bridgehead atoms. The fourth-order valence-corrected chi connectivity index (χ4v) is 2.76. The summed E-state index contributed by atoms with van der Waals surface area (Å²) in [6, 6.07) is 10.2. The van der Waals surface area contributed by atoms with E-state index in [2.05, 4.69) is 10.3 Å². The molecule has 2 rings (SSSR count). The van der Waals surface area contributed by atoms with Crippen molar-refractivity contribution in [1.82, 2.24) is 20.3 Å². The summed E-state index contributed by atoms with van der Waals surface area (Å²) in [4.78, 5) is 29.6. The first-order valence-corrected chi connectivity index (χ1v) is 9.05. The highest BCUT2D eigenvalue weighted by Crippen LogP contribution is 2.20. The highest BCUT2D eigenvalue weighted by atomic mass is 16.2. The second-order valence-corrected chi connectivity index (χ2v) is 6.96. The number of hydrogen-bond acceptors (Lipinski definition) is 5. The second-order valence-electron chi connectivity index (χ2n) is 6.96. The number of benzene rings is 1. The molecule has 0 spiro atoms. The van der Waals surface area contributed by atoms with E-state index in [1.54, 1.807) is 30.6 Å². The molecular formula is C21H25N5O2. The van der Waals surface area contributed by atoms with Gasteiger partial charge in [0.15, 0.2) is 6.19 Å². The Morgan fingerprint density at radius 2 is 1.82 bits per heavy atom. The Morgan fingerprint density at radius 3 is 2.43 bits per heavy atom. The normalized spacial score (nSPS) is 11.4. The molecule has 2 aromatic rings. The predicted molar refractivity (Wildman–Crippen MR) is 107 cm³/mol. The molecule has 28 heavy (non-hydrogen) atoms. The number of amides is 2. The standard InChI is InChI=1S/C21H25N5O2/c1-15(2)12-19(21(28)26(4)25(3)14-22)24-20(27)18-7-5-6-17(13-18)16-8-10-23-11-9-16/h5-11,13,15,19H,12H2,1-4H3,(H,24,27)/t19-/m0/s1. The first kappa shape index (κ1) is 20.9. The number of carbonyl (C=O) groups is 2. The summed E-state index contributed by atoms with van der Waals surface area (Å²) in [5.41, 5.74) is 2.31. The number of pyridine rings is 1. The van der Waals surface area contributed by atoms with Crippen LogP contribution in [0.2, 0.25) is 0 Å². The molecule has 0 aliphatic rings. The van der Waals surface area contributed by atoms with Crippen LogP contribution in [0.25, 0.3) is 11.1 Å². The van der Waals surface area contributed by atoms with Gasteiger partial charge in [0.2, 0.25) is 0 Å². The number of rotatable bonds is 7. The van der Waals surface area contributed by atoms with E-state index < -0.39 is 6.04 Å². The number of likely N-dealkylation sites (N-methyl/N-ethyl adjacent to an activating group) is 1. The van der Waals surface area contributed by atoms with Crippen molar-refractivity contribution in [2.75, 3.05) is 14.1 Å². The Bertz CT molecular complexity index is 861. The van der Waals surface area contributed by atoms with Crippen LogP contribution in [0.4, 0.5) is 0 Å². The summed E-state index contributed by atoms with van der Waals surface area (Å²) in [7, 11) is 3.00. The second kappa shape index (κ2) is 9.51. The minimum absolute atomic E-state index is 0.193. The van der Waals surface area contributed by atoms with E-state index in [0.717, 1.165) is 16.1 Å². The van der Waals surface area contributed by atoms with Crippen molar-refractivity contribution < 1.29 is 9.59 Å². The zero-order valence-electron chi connectivity index (χ0n) is 16.6. The maximum absolute atomic E-state index is 12.8. The van der Waals surface area contributed by atoms with E-state index in [4.69, 9.17) is 5.26 Å². The number of aromatic nitrogens is 1. The van der Waals surface area contributed by atoms with Crippen molar-refractivity contribution in [2.45, 2.75) is 26.3 Å². The Hall–Kier alpha value is -3.40. The molecule has 146 valence electrons. The molecule has 0 unspecified atom stereocenters. The zero-order valence-corrected chi connectivity index (χ0v) is 16.6. The maximum atomic E-state index is 12.8. The molecule has 1 heterocycles. The average Bonchev–Trinajstić information content (AvgIpc) is 2.71. The van der Waals surface area contributed by atoms with Gasteiger partial charge in [0.05, 0.1) is 0 Å². The number of carbonyl (C=O) groups excluding carboxylic acids is 2. The van der Waals surface area contributed by atoms with Gasteiger partial charge in [-0.2, -0.15) is 5.26 Å². The number of nitriles is 1. The summed E-state index contributed by atoms with van der Waals surface area (Å²) in [6.07, 6.45) is 5.75. The fourth-order valence-electron chi connectivity index (χ4n) is 2.76. The quantitative estimate of drug-likeness (QED) is 0.454. The van der Waals surface area contributed by atoms with Gasteiger partial charge < -0.3 is 5.32 Å². The van der Waals surface area contributed by atoms with Crippen molar-refractivity contribution >= 4 is 11.8 Å². The van der Waals surface area contributed by atoms with Crippen molar-refractivity contribution in [3.63, 3.8) is 0 Å². The molecule has 7 heteroatoms. The Labute approximate surface area is 165 Å². The van der Waals surface area contributed by atoms with E-state index in [1.165, 1.54) is 19.1 Å². The third-order valence-electron chi connectivity index (χ3n) is 4.36. The topological polar surface area (TPSA) is 89.3 Å². The largest absolute Gasteiger partial charge is 0.340 e. The van der Waals surface area contributed by atoms with Crippen molar-refractivity contribution in [2.24, 2.45) is 5.92 Å². The Balaban J connectivity index is 2.22. The smallest absolute Gasteiger partial charge is 0.263 e. The highest BCUT2D eigenvalue weighted by Gasteiger charge is 2.27. The van der Waals surface area contributed by atoms with Crippen LogP contribution in [0, 0.1) is 17.4 Å². The van der Waals surface area contributed by atoms with Crippen LogP contribution in [0.15, 0.2) is 48.8 Å². The number of nitrogens with zero attached hydrogens (tertiary/aromatic N) is 4. The molecule has 7 nitrogen and oxygen atoms in total. The van der Waals surface area contributed by atoms with E-state index in [0.29, 0.717) is 12.0 Å². The summed E-state index contributed by atoms with van der Waals surface area (Å²) >= 11 is 0. The zero-order chi connectivity index (χ0) is 20.7. The maximum Gasteiger partial charge on any atom is 0.263 e. The molecule has 1 aromatic heterocycles. The summed E-state index contributed by atoms with van der Waals surface area (Å²) in [5, 5.41) is 14.2. The molecule has 0 fully saturated rings. The SMILES string of the molecule is CC(C)C[C@H](NC(=O)c1cccc(-c2ccncc2)c1)C(=O)N(C)N(C)C#N. The van der Waals surface area contributed by atoms with Gasteiger partial charge >= 0.3 is 0 Å². The van der Waals surface area contributed by atoms with Crippen LogP contribution < -0.4 is 5.32 Å². The molecule has 0 aliphatic carbocycles. The van der Waals surface area contributed by atoms with Gasteiger partial charge in [0.25, 0.3) is 11.8 Å². The molecular weight excluding hydrogens is 354 g/mol. The minimum Gasteiger partial charge on any atom is -0.340 e. The third kappa shape index (κ3) is 5.30. The van der Waals surface area contributed by atoms with Crippen LogP contribution in [-0.2, 0) is 4.79 Å². The first-order valence-electron chi connectivity index (χ1n) is 9.05. The fraction of sp³-hybridized carbons (Fsp3) is 0.333. The molecule has 1 N–H and O–H groups in total. The third-order valence-corrected chi connectivity index (χ3v) is 4.36. The predicted octanol–water partition coefficient (Wildman–Crippen LogP) is 2.68. The van der Waals surface area contributed by atoms with Gasteiger partial charge in [0.1, 0.15) is 6.04 Å². The lowest BCUT2D eigenvalue weighted by Gasteiger charge is -2.28. The lowest BCUT2D eigenvalue weighted by molar-refractivity contribution is -0.142. The lowest BCUT2D eigenvalue weighted by atomic mass is 10.0. The van der Waals surface area contributed by atoms with E-state index >= 15 is 0 Å². The Kier molecular flexibility index (Phi) is 7.10. The number of nitrogens with one attached hydrogen (secondary N) is 1. The van der Waals surface area contributed by atoms with Crippen molar-refractivity contribution in [3.05, 3.63) is 54.4 Å². The van der Waals surface area contributed by atoms with E-state index in [1.807, 2.05) is 38.2 Å². The van der Waals surface area contributed by atoms with Crippen LogP contribution >= 0.6 is 0 Å². The lowest BCUT2D eigenvalue weighted by Crippen LogP contribution is -2.51. The molecule has 0 saturated carbocycles. The summed E-state index contributed by atoms with van der Waals surface area (Å²) in [6.45, 7) is 3.95. The number of hydrazine groups is 1. The summed E-state index contributed by atoms with van der Waals surface area (Å²) < 4.78 is 0. The van der Waals surface area contributed by atoms with Crippen LogP contribution in [0.5, 0.6) is 0 Å². The molecule has 1 atom stereocenters. The van der Waals surface area contributed by atoms with Gasteiger partial charge in [-0.1, -0.05) is 26.0 Å². The molecule has 1 aromatic carbocycles. The van der Waals surface area contributed by atoms with Gasteiger partial charge in [-0.25, -0.2) is 10.0 Å². The summed E-state index contributed by atoms with van der Waals surface area (Å²) in [5.74, 6) is -0.475. The molecule has 0 saturated heterocycles. The minimum atomic E-state index is -0.724. The highest BCUT2D eigenvalue weighted by molar-refractivity contribution is 5.98. The van der Waals surface area contributed by atoms with Crippen LogP contribution in [-0.4, -0.2) is 47.0 Å². The molecule has 2 amide bonds. The Morgan fingerprint density at radius 1 is 1.14 bits per heavy atom. The van der Waals surface area contributed by atoms with Crippen molar-refractivity contribution in [3.8, 4) is 17.3 Å². The van der Waals surface area contributed by atoms with E-state index in [-0.39, 0.29) is 17.7 Å². The van der Waals surface area contributed by atoms with Gasteiger partial charge in [-0.3, -0.25) is 14.6 Å². The first-order chi connectivity index (χ1) is 13.3. The average molecular weight is 379 g/mol. The molecule has 0 radical (unpaired) electrons. The molecule has 0 aliphatic heterocycles.